The Morgan fingerprint density at radius 3 is 2.52 bits per heavy atom. The smallest absolute Gasteiger partial charge is 0.315 e. The van der Waals surface area contributed by atoms with Gasteiger partial charge in [0, 0.05) is 6.04 Å². The number of carbonyl (C=O) groups is 1. The van der Waals surface area contributed by atoms with Crippen LogP contribution in [0.4, 0.5) is 4.79 Å². The molecule has 23 heavy (non-hydrogen) atoms. The molecule has 0 radical (unpaired) electrons. The largest absolute Gasteiger partial charge is 0.393 e. The summed E-state index contributed by atoms with van der Waals surface area (Å²) in [6, 6.07) is 8.09. The molecule has 1 saturated carbocycles. The Bertz CT molecular complexity index is 572. The van der Waals surface area contributed by atoms with Crippen LogP contribution in [0.2, 0.25) is 0 Å². The van der Waals surface area contributed by atoms with Crippen LogP contribution in [0.5, 0.6) is 0 Å². The summed E-state index contributed by atoms with van der Waals surface area (Å²) in [6.45, 7) is 9.94. The second kappa shape index (κ2) is 7.18. The lowest BCUT2D eigenvalue weighted by atomic mass is 9.91. The number of benzene rings is 1. The topological polar surface area (TPSA) is 61.4 Å². The molecule has 1 aromatic rings. The van der Waals surface area contributed by atoms with Gasteiger partial charge in [0.25, 0.3) is 0 Å². The average Bonchev–Trinajstić information content (AvgIpc) is 2.49. The van der Waals surface area contributed by atoms with E-state index in [1.165, 1.54) is 0 Å². The Hall–Kier alpha value is -1.81. The third-order valence-electron chi connectivity index (χ3n) is 4.54. The van der Waals surface area contributed by atoms with Crippen LogP contribution in [-0.2, 0) is 5.54 Å². The molecule has 0 atom stereocenters. The Morgan fingerprint density at radius 1 is 1.26 bits per heavy atom. The van der Waals surface area contributed by atoms with Gasteiger partial charge in [-0.05, 0) is 63.6 Å². The van der Waals surface area contributed by atoms with Gasteiger partial charge >= 0.3 is 6.03 Å². The lowest BCUT2D eigenvalue weighted by Gasteiger charge is -2.31. The summed E-state index contributed by atoms with van der Waals surface area (Å²) in [4.78, 5) is 12.3. The monoisotopic (exact) mass is 316 g/mol. The van der Waals surface area contributed by atoms with E-state index in [1.54, 1.807) is 0 Å². The molecule has 4 nitrogen and oxygen atoms in total. The zero-order chi connectivity index (χ0) is 17.0. The number of nitrogens with one attached hydrogen (secondary N) is 2. The summed E-state index contributed by atoms with van der Waals surface area (Å²) in [5.41, 5.74) is 2.67. The molecular formula is C19H28N2O2. The van der Waals surface area contributed by atoms with Crippen molar-refractivity contribution in [1.82, 2.24) is 10.6 Å². The van der Waals surface area contributed by atoms with Crippen LogP contribution in [0, 0.1) is 0 Å². The van der Waals surface area contributed by atoms with E-state index in [0.29, 0.717) is 0 Å². The van der Waals surface area contributed by atoms with Crippen molar-refractivity contribution in [3.8, 4) is 0 Å². The number of carbonyl (C=O) groups excluding carboxylic acids is 1. The molecule has 4 heteroatoms. The fraction of sp³-hybridized carbons (Fsp3) is 0.526. The number of hydrogen-bond donors (Lipinski definition) is 3. The lowest BCUT2D eigenvalue weighted by molar-refractivity contribution is 0.117. The molecule has 0 unspecified atom stereocenters. The maximum absolute atomic E-state index is 12.3. The maximum atomic E-state index is 12.3. The highest BCUT2D eigenvalue weighted by Gasteiger charge is 2.26. The second-order valence-corrected chi connectivity index (χ2v) is 7.09. The van der Waals surface area contributed by atoms with Crippen molar-refractivity contribution in [2.75, 3.05) is 0 Å². The molecule has 0 saturated heterocycles. The van der Waals surface area contributed by atoms with Crippen LogP contribution in [0.25, 0.3) is 5.57 Å². The first-order valence-electron chi connectivity index (χ1n) is 8.31. The number of allylic oxidation sites excluding steroid dienone is 1. The van der Waals surface area contributed by atoms with Crippen molar-refractivity contribution in [2.24, 2.45) is 0 Å². The van der Waals surface area contributed by atoms with Gasteiger partial charge in [0.1, 0.15) is 0 Å². The van der Waals surface area contributed by atoms with Crippen LogP contribution in [-0.4, -0.2) is 23.3 Å². The van der Waals surface area contributed by atoms with E-state index < -0.39 is 5.54 Å². The van der Waals surface area contributed by atoms with E-state index in [0.717, 1.165) is 42.4 Å². The fourth-order valence-corrected chi connectivity index (χ4v) is 2.97. The summed E-state index contributed by atoms with van der Waals surface area (Å²) in [7, 11) is 0. The first-order chi connectivity index (χ1) is 10.8. The summed E-state index contributed by atoms with van der Waals surface area (Å²) in [6.07, 6.45) is 2.97. The van der Waals surface area contributed by atoms with E-state index in [1.807, 2.05) is 39.0 Å². The van der Waals surface area contributed by atoms with Gasteiger partial charge in [-0.2, -0.15) is 0 Å². The van der Waals surface area contributed by atoms with Crippen molar-refractivity contribution >= 4 is 11.6 Å². The molecule has 2 rings (SSSR count). The van der Waals surface area contributed by atoms with E-state index in [2.05, 4.69) is 23.3 Å². The molecule has 0 heterocycles. The molecule has 1 aromatic carbocycles. The molecule has 0 aromatic heterocycles. The van der Waals surface area contributed by atoms with Crippen molar-refractivity contribution in [3.63, 3.8) is 0 Å². The minimum absolute atomic E-state index is 0.149. The molecular weight excluding hydrogens is 288 g/mol. The van der Waals surface area contributed by atoms with Gasteiger partial charge in [-0.15, -0.1) is 0 Å². The number of hydrogen-bond acceptors (Lipinski definition) is 2. The van der Waals surface area contributed by atoms with Gasteiger partial charge in [-0.3, -0.25) is 0 Å². The van der Waals surface area contributed by atoms with Crippen molar-refractivity contribution in [2.45, 2.75) is 64.1 Å². The van der Waals surface area contributed by atoms with Crippen molar-refractivity contribution < 1.29 is 9.90 Å². The Labute approximate surface area is 139 Å². The van der Waals surface area contributed by atoms with E-state index in [9.17, 15) is 9.90 Å². The van der Waals surface area contributed by atoms with Gasteiger partial charge in [0.15, 0.2) is 0 Å². The molecule has 1 aliphatic carbocycles. The molecule has 1 fully saturated rings. The van der Waals surface area contributed by atoms with Gasteiger partial charge < -0.3 is 15.7 Å². The summed E-state index contributed by atoms with van der Waals surface area (Å²) in [5.74, 6) is 0. The van der Waals surface area contributed by atoms with Crippen LogP contribution in [0.3, 0.4) is 0 Å². The van der Waals surface area contributed by atoms with Crippen LogP contribution < -0.4 is 10.6 Å². The summed E-state index contributed by atoms with van der Waals surface area (Å²) in [5, 5.41) is 15.6. The SMILES string of the molecule is C=C(C)c1cccc(C(C)(C)NC(=O)NC2CCC(O)CC2)c1. The van der Waals surface area contributed by atoms with Gasteiger partial charge in [0.2, 0.25) is 0 Å². The third kappa shape index (κ3) is 4.83. The lowest BCUT2D eigenvalue weighted by Crippen LogP contribution is -2.50. The highest BCUT2D eigenvalue weighted by molar-refractivity contribution is 5.75. The van der Waals surface area contributed by atoms with Gasteiger partial charge in [0.05, 0.1) is 11.6 Å². The van der Waals surface area contributed by atoms with E-state index in [-0.39, 0.29) is 18.2 Å². The highest BCUT2D eigenvalue weighted by atomic mass is 16.3. The summed E-state index contributed by atoms with van der Waals surface area (Å²) < 4.78 is 0. The predicted molar refractivity (Wildman–Crippen MR) is 94.1 cm³/mol. The van der Waals surface area contributed by atoms with Crippen LogP contribution >= 0.6 is 0 Å². The molecule has 0 aliphatic heterocycles. The molecule has 0 spiro atoms. The average molecular weight is 316 g/mol. The Kier molecular flexibility index (Phi) is 5.47. The van der Waals surface area contributed by atoms with Gasteiger partial charge in [-0.25, -0.2) is 4.79 Å². The minimum Gasteiger partial charge on any atom is -0.393 e. The number of amides is 2. The number of rotatable bonds is 4. The maximum Gasteiger partial charge on any atom is 0.315 e. The van der Waals surface area contributed by atoms with Gasteiger partial charge in [-0.1, -0.05) is 30.4 Å². The normalized spacial score (nSPS) is 21.6. The predicted octanol–water partition coefficient (Wildman–Crippen LogP) is 3.56. The van der Waals surface area contributed by atoms with Crippen LogP contribution in [0.15, 0.2) is 30.8 Å². The first kappa shape index (κ1) is 17.5. The Balaban J connectivity index is 1.98. The standard InChI is InChI=1S/C19H28N2O2/c1-13(2)14-6-5-7-15(12-14)19(3,4)21-18(23)20-16-8-10-17(22)11-9-16/h5-7,12,16-17,22H,1,8-11H2,2-4H3,(H2,20,21,23). The number of urea groups is 1. The van der Waals surface area contributed by atoms with E-state index >= 15 is 0 Å². The highest BCUT2D eigenvalue weighted by Crippen LogP contribution is 2.24. The molecule has 1 aliphatic rings. The fourth-order valence-electron chi connectivity index (χ4n) is 2.97. The zero-order valence-corrected chi connectivity index (χ0v) is 14.4. The van der Waals surface area contributed by atoms with E-state index in [4.69, 9.17) is 0 Å². The quantitative estimate of drug-likeness (QED) is 0.795. The number of aliphatic hydroxyl groups excluding tert-OH is 1. The Morgan fingerprint density at radius 2 is 1.91 bits per heavy atom. The number of aliphatic hydroxyl groups is 1. The molecule has 2 amide bonds. The second-order valence-electron chi connectivity index (χ2n) is 7.09. The molecule has 126 valence electrons. The molecule has 3 N–H and O–H groups in total. The first-order valence-corrected chi connectivity index (χ1v) is 8.31. The van der Waals surface area contributed by atoms with Crippen molar-refractivity contribution in [1.29, 1.82) is 0 Å². The molecule has 0 bridgehead atoms. The van der Waals surface area contributed by atoms with Crippen molar-refractivity contribution in [3.05, 3.63) is 42.0 Å². The van der Waals surface area contributed by atoms with Crippen LogP contribution in [0.1, 0.15) is 57.6 Å². The third-order valence-corrected chi connectivity index (χ3v) is 4.54. The summed E-state index contributed by atoms with van der Waals surface area (Å²) >= 11 is 0. The zero-order valence-electron chi connectivity index (χ0n) is 14.4. The minimum atomic E-state index is -0.469.